The van der Waals surface area contributed by atoms with Crippen LogP contribution >= 0.6 is 11.8 Å². The monoisotopic (exact) mass is 732 g/mol. The molecule has 0 saturated heterocycles. The van der Waals surface area contributed by atoms with Gasteiger partial charge in [-0.2, -0.15) is 10.2 Å². The molecule has 1 atom stereocenters. The first kappa shape index (κ1) is 32.8. The molecule has 264 valence electrons. The largest absolute Gasteiger partial charge is 0.176 e. The molecule has 3 heteroatoms. The molecule has 0 N–H and O–H groups in total. The van der Waals surface area contributed by atoms with Gasteiger partial charge in [-0.1, -0.05) is 176 Å². The Morgan fingerprint density at radius 1 is 0.536 bits per heavy atom. The van der Waals surface area contributed by atoms with Crippen molar-refractivity contribution in [3.8, 4) is 33.4 Å². The molecule has 0 aromatic heterocycles. The zero-order valence-corrected chi connectivity index (χ0v) is 31.7. The Hall–Kier alpha value is -6.55. The van der Waals surface area contributed by atoms with E-state index in [9.17, 15) is 0 Å². The molecule has 56 heavy (non-hydrogen) atoms. The Balaban J connectivity index is 1.08. The number of rotatable bonds is 6. The van der Waals surface area contributed by atoms with E-state index in [1.165, 1.54) is 76.2 Å². The molecule has 11 rings (SSSR count). The molecule has 1 spiro atoms. The summed E-state index contributed by atoms with van der Waals surface area (Å²) in [6, 6.07) is 63.8. The van der Waals surface area contributed by atoms with Gasteiger partial charge in [0.05, 0.1) is 11.1 Å². The van der Waals surface area contributed by atoms with Gasteiger partial charge in [0.15, 0.2) is 0 Å². The van der Waals surface area contributed by atoms with Gasteiger partial charge < -0.3 is 0 Å². The van der Waals surface area contributed by atoms with E-state index in [0.717, 1.165) is 28.0 Å². The quantitative estimate of drug-likeness (QED) is 0.0949. The standard InChI is InChI=1S/C53H36N2S/c1-3-48(40-30-31-43-37-19-8-7-18-36(37)41-21-15-22-42(40)51(41)43)54-55-52(34-16-5-4-6-17-34)33(2)35-28-29-39-38-20-9-10-23-44(38)53(47(39)32-35)45-24-11-13-26-49(45)56-50-27-14-12-25-46(50)53/h3-32,48H,1H2,2H3/b52-33+,55-54-. The molecule has 3 aliphatic rings. The first-order chi connectivity index (χ1) is 27.7. The van der Waals surface area contributed by atoms with E-state index in [-0.39, 0.29) is 6.04 Å². The molecular weight excluding hydrogens is 697 g/mol. The maximum absolute atomic E-state index is 5.16. The van der Waals surface area contributed by atoms with Crippen molar-refractivity contribution >= 4 is 33.8 Å². The molecule has 0 amide bonds. The van der Waals surface area contributed by atoms with Crippen LogP contribution < -0.4 is 0 Å². The molecule has 0 radical (unpaired) electrons. The van der Waals surface area contributed by atoms with Gasteiger partial charge in [0.1, 0.15) is 6.04 Å². The average Bonchev–Trinajstić information content (AvgIpc) is 3.74. The van der Waals surface area contributed by atoms with Gasteiger partial charge in [0.2, 0.25) is 0 Å². The van der Waals surface area contributed by atoms with Crippen LogP contribution in [0.4, 0.5) is 0 Å². The third-order valence-corrected chi connectivity index (χ3v) is 13.2. The van der Waals surface area contributed by atoms with Crippen molar-refractivity contribution in [3.63, 3.8) is 0 Å². The summed E-state index contributed by atoms with van der Waals surface area (Å²) >= 11 is 1.87. The van der Waals surface area contributed by atoms with Crippen LogP contribution in [0.2, 0.25) is 0 Å². The third kappa shape index (κ3) is 4.65. The Kier molecular flexibility index (Phi) is 7.49. The van der Waals surface area contributed by atoms with Gasteiger partial charge in [-0.3, -0.25) is 0 Å². The highest BCUT2D eigenvalue weighted by Crippen LogP contribution is 2.62. The number of hydrogen-bond acceptors (Lipinski definition) is 3. The van der Waals surface area contributed by atoms with Gasteiger partial charge in [-0.15, -0.1) is 6.58 Å². The number of benzene rings is 8. The normalized spacial score (nSPS) is 14.8. The lowest BCUT2D eigenvalue weighted by molar-refractivity contribution is 0.722. The Morgan fingerprint density at radius 3 is 1.82 bits per heavy atom. The highest BCUT2D eigenvalue weighted by molar-refractivity contribution is 7.99. The summed E-state index contributed by atoms with van der Waals surface area (Å²) in [6.45, 7) is 6.46. The molecule has 2 nitrogen and oxygen atoms in total. The van der Waals surface area contributed by atoms with Gasteiger partial charge in [-0.25, -0.2) is 0 Å². The second-order valence-corrected chi connectivity index (χ2v) is 15.9. The first-order valence-corrected chi connectivity index (χ1v) is 20.0. The number of allylic oxidation sites excluding steroid dienone is 1. The van der Waals surface area contributed by atoms with E-state index in [4.69, 9.17) is 10.2 Å². The summed E-state index contributed by atoms with van der Waals surface area (Å²) in [5.41, 5.74) is 17.7. The number of fused-ring (bicyclic) bond motifs is 12. The fourth-order valence-electron chi connectivity index (χ4n) is 9.61. The first-order valence-electron chi connectivity index (χ1n) is 19.2. The van der Waals surface area contributed by atoms with E-state index in [0.29, 0.717) is 0 Å². The van der Waals surface area contributed by atoms with Gasteiger partial charge in [-0.05, 0) is 108 Å². The van der Waals surface area contributed by atoms with Crippen LogP contribution in [0.25, 0.3) is 55.4 Å². The smallest absolute Gasteiger partial charge is 0.115 e. The second kappa shape index (κ2) is 12.8. The van der Waals surface area contributed by atoms with Crippen molar-refractivity contribution in [2.75, 3.05) is 0 Å². The van der Waals surface area contributed by atoms with Crippen molar-refractivity contribution in [1.82, 2.24) is 0 Å². The molecule has 0 fully saturated rings. The fourth-order valence-corrected chi connectivity index (χ4v) is 10.8. The summed E-state index contributed by atoms with van der Waals surface area (Å²) in [7, 11) is 0. The molecule has 1 heterocycles. The minimum atomic E-state index is -0.446. The van der Waals surface area contributed by atoms with Crippen molar-refractivity contribution < 1.29 is 0 Å². The number of hydrogen-bond donors (Lipinski definition) is 0. The lowest BCUT2D eigenvalue weighted by atomic mass is 9.67. The minimum absolute atomic E-state index is 0.333. The van der Waals surface area contributed by atoms with Crippen molar-refractivity contribution in [2.24, 2.45) is 10.2 Å². The molecule has 2 aliphatic carbocycles. The number of azo groups is 1. The van der Waals surface area contributed by atoms with Crippen LogP contribution in [0, 0.1) is 0 Å². The molecule has 1 unspecified atom stereocenters. The Labute approximate surface area is 331 Å². The predicted octanol–water partition coefficient (Wildman–Crippen LogP) is 14.6. The Morgan fingerprint density at radius 2 is 1.11 bits per heavy atom. The summed E-state index contributed by atoms with van der Waals surface area (Å²) in [4.78, 5) is 2.60. The van der Waals surface area contributed by atoms with Crippen LogP contribution in [0.1, 0.15) is 51.9 Å². The lowest BCUT2D eigenvalue weighted by Crippen LogP contribution is -2.32. The van der Waals surface area contributed by atoms with Gasteiger partial charge in [0.25, 0.3) is 0 Å². The summed E-state index contributed by atoms with van der Waals surface area (Å²) in [6.07, 6.45) is 1.92. The molecule has 0 saturated carbocycles. The second-order valence-electron chi connectivity index (χ2n) is 14.9. The summed E-state index contributed by atoms with van der Waals surface area (Å²) in [5, 5.41) is 12.7. The highest BCUT2D eigenvalue weighted by atomic mass is 32.2. The van der Waals surface area contributed by atoms with E-state index < -0.39 is 5.41 Å². The van der Waals surface area contributed by atoms with Crippen molar-refractivity contribution in [2.45, 2.75) is 28.2 Å². The maximum atomic E-state index is 5.16. The van der Waals surface area contributed by atoms with Crippen molar-refractivity contribution in [3.05, 3.63) is 228 Å². The highest BCUT2D eigenvalue weighted by Gasteiger charge is 2.50. The molecule has 8 aromatic rings. The fraction of sp³-hybridized carbons (Fsp3) is 0.0566. The topological polar surface area (TPSA) is 24.7 Å². The van der Waals surface area contributed by atoms with E-state index in [2.05, 4.69) is 189 Å². The van der Waals surface area contributed by atoms with Crippen LogP contribution in [-0.2, 0) is 5.41 Å². The number of nitrogens with zero attached hydrogens (tertiary/aromatic N) is 2. The van der Waals surface area contributed by atoms with Crippen LogP contribution in [0.3, 0.4) is 0 Å². The van der Waals surface area contributed by atoms with Crippen LogP contribution in [0.15, 0.2) is 209 Å². The summed E-state index contributed by atoms with van der Waals surface area (Å²) < 4.78 is 0. The molecule has 0 bridgehead atoms. The molecular formula is C53H36N2S. The Bertz CT molecular complexity index is 2910. The van der Waals surface area contributed by atoms with Crippen LogP contribution in [-0.4, -0.2) is 0 Å². The third-order valence-electron chi connectivity index (χ3n) is 12.1. The van der Waals surface area contributed by atoms with Crippen molar-refractivity contribution in [1.29, 1.82) is 0 Å². The molecule has 8 aromatic carbocycles. The van der Waals surface area contributed by atoms with E-state index in [1.807, 2.05) is 17.8 Å². The maximum Gasteiger partial charge on any atom is 0.115 e. The lowest BCUT2D eigenvalue weighted by Gasteiger charge is -2.39. The SMILES string of the molecule is C=CC(/N=N\C(=C(/C)c1ccc2c(c1)C1(c3ccccc3Sc3ccccc31)c1ccccc1-2)c1ccccc1)c1ccc2c3c(cccc13)-c1ccccc1-2. The summed E-state index contributed by atoms with van der Waals surface area (Å²) in [5.74, 6) is 0. The van der Waals surface area contributed by atoms with Crippen LogP contribution in [0.5, 0.6) is 0 Å². The minimum Gasteiger partial charge on any atom is -0.176 e. The average molecular weight is 733 g/mol. The van der Waals surface area contributed by atoms with E-state index >= 15 is 0 Å². The van der Waals surface area contributed by atoms with E-state index in [1.54, 1.807) is 0 Å². The van der Waals surface area contributed by atoms with Gasteiger partial charge >= 0.3 is 0 Å². The van der Waals surface area contributed by atoms with Gasteiger partial charge in [0, 0.05) is 15.4 Å². The predicted molar refractivity (Wildman–Crippen MR) is 233 cm³/mol. The zero-order valence-electron chi connectivity index (χ0n) is 30.9. The zero-order chi connectivity index (χ0) is 37.4. The molecule has 1 aliphatic heterocycles.